The van der Waals surface area contributed by atoms with E-state index in [2.05, 4.69) is 5.32 Å². The zero-order chi connectivity index (χ0) is 10.6. The summed E-state index contributed by atoms with van der Waals surface area (Å²) in [5.41, 5.74) is 1.93. The molecule has 76 valence electrons. The number of rotatable bonds is 3. The summed E-state index contributed by atoms with van der Waals surface area (Å²) in [6.07, 6.45) is 1.38. The first-order valence-electron chi connectivity index (χ1n) is 4.00. The number of furan rings is 1. The molecule has 6 heteroatoms. The van der Waals surface area contributed by atoms with Crippen LogP contribution in [-0.4, -0.2) is 17.9 Å². The van der Waals surface area contributed by atoms with E-state index in [0.29, 0.717) is 0 Å². The molecule has 6 nitrogen and oxygen atoms in total. The van der Waals surface area contributed by atoms with Gasteiger partial charge in [0.1, 0.15) is 6.04 Å². The minimum atomic E-state index is -0.697. The predicted molar refractivity (Wildman–Crippen MR) is 48.0 cm³/mol. The third kappa shape index (κ3) is 2.33. The van der Waals surface area contributed by atoms with E-state index < -0.39 is 17.9 Å². The highest BCUT2D eigenvalue weighted by molar-refractivity contribution is 5.95. The maximum atomic E-state index is 11.3. The zero-order valence-electron chi connectivity index (χ0n) is 7.61. The first kappa shape index (κ1) is 10.3. The van der Waals surface area contributed by atoms with Crippen LogP contribution in [0.25, 0.3) is 0 Å². The highest BCUT2D eigenvalue weighted by Crippen LogP contribution is 1.99. The summed E-state index contributed by atoms with van der Waals surface area (Å²) < 4.78 is 4.83. The Labute approximate surface area is 80.4 Å². The average Bonchev–Trinajstić information content (AvgIpc) is 2.69. The summed E-state index contributed by atoms with van der Waals surface area (Å²) in [5, 5.41) is 2.41. The lowest BCUT2D eigenvalue weighted by atomic mass is 10.3. The van der Waals surface area contributed by atoms with Crippen LogP contribution in [0.5, 0.6) is 0 Å². The Kier molecular flexibility index (Phi) is 3.24. The Morgan fingerprint density at radius 2 is 2.29 bits per heavy atom. The van der Waals surface area contributed by atoms with Gasteiger partial charge in [-0.2, -0.15) is 0 Å². The van der Waals surface area contributed by atoms with Gasteiger partial charge in [-0.15, -0.1) is 0 Å². The molecule has 1 rings (SSSR count). The highest BCUT2D eigenvalue weighted by Gasteiger charge is 2.16. The van der Waals surface area contributed by atoms with Gasteiger partial charge in [0, 0.05) is 0 Å². The van der Waals surface area contributed by atoms with E-state index in [1.165, 1.54) is 19.3 Å². The molecule has 1 heterocycles. The molecule has 0 saturated carbocycles. The van der Waals surface area contributed by atoms with E-state index in [-0.39, 0.29) is 5.76 Å². The van der Waals surface area contributed by atoms with Crippen LogP contribution in [0.4, 0.5) is 0 Å². The van der Waals surface area contributed by atoms with Crippen LogP contribution >= 0.6 is 0 Å². The van der Waals surface area contributed by atoms with Crippen molar-refractivity contribution in [3.8, 4) is 0 Å². The number of nitrogens with one attached hydrogen (secondary N) is 2. The van der Waals surface area contributed by atoms with Crippen molar-refractivity contribution in [2.75, 3.05) is 0 Å². The fraction of sp³-hybridized carbons (Fsp3) is 0.250. The van der Waals surface area contributed by atoms with Gasteiger partial charge in [-0.05, 0) is 19.1 Å². The van der Waals surface area contributed by atoms with Crippen LogP contribution < -0.4 is 16.6 Å². The van der Waals surface area contributed by atoms with Gasteiger partial charge in [-0.3, -0.25) is 15.0 Å². The summed E-state index contributed by atoms with van der Waals surface area (Å²) in [5.74, 6) is 4.13. The van der Waals surface area contributed by atoms with Crippen LogP contribution in [0, 0.1) is 0 Å². The molecule has 0 aliphatic heterocycles. The second-order valence-corrected chi connectivity index (χ2v) is 2.68. The molecule has 0 spiro atoms. The van der Waals surface area contributed by atoms with Crippen LogP contribution in [0.2, 0.25) is 0 Å². The van der Waals surface area contributed by atoms with E-state index in [1.54, 1.807) is 6.07 Å². The third-order valence-corrected chi connectivity index (χ3v) is 1.63. The van der Waals surface area contributed by atoms with Crippen LogP contribution in [0.15, 0.2) is 22.8 Å². The molecule has 0 aliphatic carbocycles. The molecule has 1 unspecified atom stereocenters. The third-order valence-electron chi connectivity index (χ3n) is 1.63. The SMILES string of the molecule is CC(NC(=O)c1ccco1)C(=O)NN. The van der Waals surface area contributed by atoms with Crippen LogP contribution in [-0.2, 0) is 4.79 Å². The van der Waals surface area contributed by atoms with Crippen molar-refractivity contribution >= 4 is 11.8 Å². The molecule has 1 atom stereocenters. The van der Waals surface area contributed by atoms with E-state index in [9.17, 15) is 9.59 Å². The number of nitrogens with two attached hydrogens (primary N) is 1. The Balaban J connectivity index is 2.53. The average molecular weight is 197 g/mol. The van der Waals surface area contributed by atoms with E-state index >= 15 is 0 Å². The fourth-order valence-corrected chi connectivity index (χ4v) is 0.866. The van der Waals surface area contributed by atoms with Crippen LogP contribution in [0.3, 0.4) is 0 Å². The molecule has 0 fully saturated rings. The Morgan fingerprint density at radius 1 is 1.57 bits per heavy atom. The maximum absolute atomic E-state index is 11.3. The normalized spacial score (nSPS) is 11.9. The lowest BCUT2D eigenvalue weighted by molar-refractivity contribution is -0.122. The summed E-state index contributed by atoms with van der Waals surface area (Å²) in [4.78, 5) is 22.2. The summed E-state index contributed by atoms with van der Waals surface area (Å²) in [6.45, 7) is 1.52. The monoisotopic (exact) mass is 197 g/mol. The van der Waals surface area contributed by atoms with Gasteiger partial charge in [-0.1, -0.05) is 0 Å². The quantitative estimate of drug-likeness (QED) is 0.342. The van der Waals surface area contributed by atoms with Crippen molar-refractivity contribution in [1.29, 1.82) is 0 Å². The number of carbonyl (C=O) groups excluding carboxylic acids is 2. The van der Waals surface area contributed by atoms with Crippen molar-refractivity contribution in [3.05, 3.63) is 24.2 Å². The standard InChI is InChI=1S/C8H11N3O3/c1-5(7(12)11-9)10-8(13)6-3-2-4-14-6/h2-5H,9H2,1H3,(H,10,13)(H,11,12). The minimum Gasteiger partial charge on any atom is -0.459 e. The lowest BCUT2D eigenvalue weighted by Crippen LogP contribution is -2.47. The van der Waals surface area contributed by atoms with Crippen LogP contribution in [0.1, 0.15) is 17.5 Å². The largest absolute Gasteiger partial charge is 0.459 e. The molecular formula is C8H11N3O3. The molecule has 1 aromatic rings. The summed E-state index contributed by atoms with van der Waals surface area (Å²) >= 11 is 0. The number of hydrogen-bond donors (Lipinski definition) is 3. The minimum absolute atomic E-state index is 0.154. The van der Waals surface area contributed by atoms with E-state index in [0.717, 1.165) is 0 Å². The van der Waals surface area contributed by atoms with Crippen molar-refractivity contribution in [2.45, 2.75) is 13.0 Å². The number of hydrogen-bond acceptors (Lipinski definition) is 4. The molecule has 0 saturated heterocycles. The second-order valence-electron chi connectivity index (χ2n) is 2.68. The molecule has 0 radical (unpaired) electrons. The molecule has 0 aromatic carbocycles. The summed E-state index contributed by atoms with van der Waals surface area (Å²) in [6, 6.07) is 2.39. The number of hydrazine groups is 1. The van der Waals surface area contributed by atoms with Crippen molar-refractivity contribution < 1.29 is 14.0 Å². The maximum Gasteiger partial charge on any atom is 0.287 e. The van der Waals surface area contributed by atoms with E-state index in [4.69, 9.17) is 10.3 Å². The van der Waals surface area contributed by atoms with Crippen molar-refractivity contribution in [1.82, 2.24) is 10.7 Å². The van der Waals surface area contributed by atoms with Gasteiger partial charge < -0.3 is 9.73 Å². The topological polar surface area (TPSA) is 97.4 Å². The smallest absolute Gasteiger partial charge is 0.287 e. The molecule has 4 N–H and O–H groups in total. The van der Waals surface area contributed by atoms with Gasteiger partial charge in [0.15, 0.2) is 5.76 Å². The first-order chi connectivity index (χ1) is 6.65. The van der Waals surface area contributed by atoms with E-state index in [1.807, 2.05) is 5.43 Å². The highest BCUT2D eigenvalue weighted by atomic mass is 16.3. The molecule has 14 heavy (non-hydrogen) atoms. The molecule has 2 amide bonds. The molecular weight excluding hydrogens is 186 g/mol. The Hall–Kier alpha value is -1.82. The Bertz CT molecular complexity index is 321. The lowest BCUT2D eigenvalue weighted by Gasteiger charge is -2.10. The molecule has 0 aliphatic rings. The van der Waals surface area contributed by atoms with Gasteiger partial charge in [0.2, 0.25) is 0 Å². The fourth-order valence-electron chi connectivity index (χ4n) is 0.866. The van der Waals surface area contributed by atoms with Crippen molar-refractivity contribution in [2.24, 2.45) is 5.84 Å². The van der Waals surface area contributed by atoms with Gasteiger partial charge >= 0.3 is 0 Å². The summed E-state index contributed by atoms with van der Waals surface area (Å²) in [7, 11) is 0. The van der Waals surface area contributed by atoms with Gasteiger partial charge in [-0.25, -0.2) is 5.84 Å². The number of carbonyl (C=O) groups is 2. The second kappa shape index (κ2) is 4.43. The molecule has 0 bridgehead atoms. The number of amides is 2. The predicted octanol–water partition coefficient (Wildman–Crippen LogP) is -0.612. The zero-order valence-corrected chi connectivity index (χ0v) is 7.61. The first-order valence-corrected chi connectivity index (χ1v) is 4.00. The Morgan fingerprint density at radius 3 is 2.79 bits per heavy atom. The molecule has 1 aromatic heterocycles. The van der Waals surface area contributed by atoms with Gasteiger partial charge in [0.25, 0.3) is 11.8 Å². The van der Waals surface area contributed by atoms with Gasteiger partial charge in [0.05, 0.1) is 6.26 Å². The van der Waals surface area contributed by atoms with Crippen molar-refractivity contribution in [3.63, 3.8) is 0 Å².